The Hall–Kier alpha value is -2.89. The number of aryl methyl sites for hydroxylation is 1. The summed E-state index contributed by atoms with van der Waals surface area (Å²) in [5, 5.41) is 3.26. The normalized spacial score (nSPS) is 24.8. The summed E-state index contributed by atoms with van der Waals surface area (Å²) in [5.41, 5.74) is 1.33. The number of nitrogens with one attached hydrogen (secondary N) is 1. The number of nitrogens with zero attached hydrogens (tertiary/aromatic N) is 3. The van der Waals surface area contributed by atoms with Gasteiger partial charge in [-0.2, -0.15) is 13.2 Å². The number of piperidine rings is 1. The van der Waals surface area contributed by atoms with Crippen molar-refractivity contribution in [3.63, 3.8) is 0 Å². The molecule has 0 spiro atoms. The number of pyridine rings is 2. The average molecular weight is 545 g/mol. The number of hydrogen-bond acceptors (Lipinski definition) is 7. The largest absolute Gasteiger partial charge is 0.433 e. The molecule has 2 unspecified atom stereocenters. The number of aromatic nitrogens is 2. The molecule has 3 aliphatic rings. The molecule has 6 rings (SSSR count). The van der Waals surface area contributed by atoms with Crippen LogP contribution in [0.15, 0.2) is 24.4 Å². The Morgan fingerprint density at radius 2 is 1.95 bits per heavy atom. The predicted octanol–water partition coefficient (Wildman–Crippen LogP) is 4.36. The first-order valence-corrected chi connectivity index (χ1v) is 13.4. The Morgan fingerprint density at radius 3 is 2.61 bits per heavy atom. The van der Waals surface area contributed by atoms with Crippen LogP contribution in [-0.4, -0.2) is 52.5 Å². The number of fused-ring (bicyclic) bond motifs is 2. The highest BCUT2D eigenvalue weighted by Crippen LogP contribution is 2.63. The van der Waals surface area contributed by atoms with E-state index in [-0.39, 0.29) is 47.4 Å². The Balaban J connectivity index is 1.39. The second-order valence-electron chi connectivity index (χ2n) is 10.9. The van der Waals surface area contributed by atoms with Crippen LogP contribution in [-0.2, 0) is 33.5 Å². The number of imide groups is 1. The molecule has 2 saturated heterocycles. The fourth-order valence-electron chi connectivity index (χ4n) is 5.87. The van der Waals surface area contributed by atoms with E-state index >= 15 is 0 Å². The summed E-state index contributed by atoms with van der Waals surface area (Å²) in [6, 6.07) is 4.57. The van der Waals surface area contributed by atoms with Crippen LogP contribution in [0, 0.1) is 24.2 Å². The van der Waals surface area contributed by atoms with Gasteiger partial charge >= 0.3 is 6.18 Å². The topological polar surface area (TPSA) is 84.4 Å². The summed E-state index contributed by atoms with van der Waals surface area (Å²) in [6.45, 7) is 7.53. The summed E-state index contributed by atoms with van der Waals surface area (Å²) in [5.74, 6) is -0.854. The molecule has 1 aliphatic carbocycles. The fraction of sp³-hybridized carbons (Fsp3) is 0.481. The number of amides is 2. The van der Waals surface area contributed by atoms with Crippen molar-refractivity contribution in [2.24, 2.45) is 17.3 Å². The molecule has 200 valence electrons. The summed E-state index contributed by atoms with van der Waals surface area (Å²) < 4.78 is 47.9. The number of carbonyl (C=O) groups excluding carboxylic acids is 2. The number of carbonyl (C=O) groups is 2. The Kier molecular flexibility index (Phi) is 5.89. The SMILES string of the molecule is Cc1cc(C(F)(F)F)nc(-c2ccnc3cc(CN4C(=O)C5C(C4=O)C5(C)C)sc23)c1C[C@@H]1CNCCO1. The first-order chi connectivity index (χ1) is 18.0. The van der Waals surface area contributed by atoms with Gasteiger partial charge in [-0.05, 0) is 41.7 Å². The third-order valence-electron chi connectivity index (χ3n) is 8.00. The molecule has 0 bridgehead atoms. The van der Waals surface area contributed by atoms with Crippen molar-refractivity contribution in [1.82, 2.24) is 20.2 Å². The Bertz CT molecular complexity index is 1440. The summed E-state index contributed by atoms with van der Waals surface area (Å²) in [7, 11) is 0. The van der Waals surface area contributed by atoms with Crippen LogP contribution >= 0.6 is 11.3 Å². The van der Waals surface area contributed by atoms with Gasteiger partial charge in [0.25, 0.3) is 0 Å². The van der Waals surface area contributed by atoms with Crippen molar-refractivity contribution in [2.75, 3.05) is 19.7 Å². The molecule has 11 heteroatoms. The molecule has 2 aliphatic heterocycles. The number of hydrogen-bond donors (Lipinski definition) is 1. The van der Waals surface area contributed by atoms with E-state index in [4.69, 9.17) is 4.74 Å². The monoisotopic (exact) mass is 544 g/mol. The van der Waals surface area contributed by atoms with Crippen molar-refractivity contribution in [3.05, 3.63) is 46.1 Å². The highest BCUT2D eigenvalue weighted by Gasteiger charge is 2.72. The fourth-order valence-corrected chi connectivity index (χ4v) is 6.99. The predicted molar refractivity (Wildman–Crippen MR) is 135 cm³/mol. The van der Waals surface area contributed by atoms with Gasteiger partial charge in [0.15, 0.2) is 0 Å². The maximum absolute atomic E-state index is 13.8. The van der Waals surface area contributed by atoms with Crippen LogP contribution in [0.4, 0.5) is 13.2 Å². The Labute approximate surface area is 221 Å². The lowest BCUT2D eigenvalue weighted by Crippen LogP contribution is -2.39. The minimum Gasteiger partial charge on any atom is -0.375 e. The van der Waals surface area contributed by atoms with Gasteiger partial charge in [0, 0.05) is 36.1 Å². The van der Waals surface area contributed by atoms with Crippen molar-refractivity contribution in [2.45, 2.75) is 46.0 Å². The Morgan fingerprint density at radius 1 is 1.21 bits per heavy atom. The number of thiophene rings is 1. The lowest BCUT2D eigenvalue weighted by Gasteiger charge is -2.25. The molecule has 1 N–H and O–H groups in total. The number of halogens is 3. The van der Waals surface area contributed by atoms with E-state index in [9.17, 15) is 22.8 Å². The van der Waals surface area contributed by atoms with E-state index in [2.05, 4.69) is 15.3 Å². The lowest BCUT2D eigenvalue weighted by molar-refractivity contribution is -0.144. The molecule has 38 heavy (non-hydrogen) atoms. The molecule has 5 heterocycles. The first kappa shape index (κ1) is 25.4. The van der Waals surface area contributed by atoms with Gasteiger partial charge in [-0.1, -0.05) is 13.8 Å². The number of ether oxygens (including phenoxy) is 1. The zero-order chi connectivity index (χ0) is 27.0. The van der Waals surface area contributed by atoms with Gasteiger partial charge in [-0.3, -0.25) is 19.5 Å². The second kappa shape index (κ2) is 8.82. The van der Waals surface area contributed by atoms with E-state index < -0.39 is 11.9 Å². The number of likely N-dealkylation sites (tertiary alicyclic amines) is 1. The summed E-state index contributed by atoms with van der Waals surface area (Å²) >= 11 is 1.33. The number of alkyl halides is 3. The summed E-state index contributed by atoms with van der Waals surface area (Å²) in [4.78, 5) is 36.3. The quantitative estimate of drug-likeness (QED) is 0.481. The van der Waals surface area contributed by atoms with Crippen molar-refractivity contribution in [1.29, 1.82) is 0 Å². The van der Waals surface area contributed by atoms with E-state index in [1.165, 1.54) is 16.2 Å². The highest BCUT2D eigenvalue weighted by molar-refractivity contribution is 7.19. The van der Waals surface area contributed by atoms with Crippen LogP contribution in [0.2, 0.25) is 0 Å². The molecule has 7 nitrogen and oxygen atoms in total. The van der Waals surface area contributed by atoms with Gasteiger partial charge in [0.2, 0.25) is 11.8 Å². The molecule has 3 aromatic rings. The second-order valence-corrected chi connectivity index (χ2v) is 12.0. The zero-order valence-corrected chi connectivity index (χ0v) is 22.0. The third kappa shape index (κ3) is 4.11. The van der Waals surface area contributed by atoms with Crippen LogP contribution in [0.5, 0.6) is 0 Å². The minimum atomic E-state index is -4.60. The molecular formula is C27H27F3N4O3S. The van der Waals surface area contributed by atoms with Crippen molar-refractivity contribution < 1.29 is 27.5 Å². The van der Waals surface area contributed by atoms with Crippen LogP contribution in [0.1, 0.15) is 35.5 Å². The van der Waals surface area contributed by atoms with Gasteiger partial charge in [0.1, 0.15) is 5.69 Å². The van der Waals surface area contributed by atoms with Crippen LogP contribution in [0.3, 0.4) is 0 Å². The summed E-state index contributed by atoms with van der Waals surface area (Å²) in [6.07, 6.45) is -2.81. The van der Waals surface area contributed by atoms with Gasteiger partial charge in [-0.15, -0.1) is 11.3 Å². The molecule has 0 aromatic carbocycles. The molecule has 1 saturated carbocycles. The minimum absolute atomic E-state index is 0.130. The van der Waals surface area contributed by atoms with Gasteiger partial charge in [-0.25, -0.2) is 4.98 Å². The average Bonchev–Trinajstić information content (AvgIpc) is 3.10. The number of rotatable bonds is 5. The van der Waals surface area contributed by atoms with E-state index in [0.717, 1.165) is 17.5 Å². The van der Waals surface area contributed by atoms with Crippen molar-refractivity contribution >= 4 is 33.4 Å². The smallest absolute Gasteiger partial charge is 0.375 e. The van der Waals surface area contributed by atoms with Gasteiger partial charge in [0.05, 0.1) is 47.0 Å². The van der Waals surface area contributed by atoms with Gasteiger partial charge < -0.3 is 10.1 Å². The molecule has 0 radical (unpaired) electrons. The molecule has 3 atom stereocenters. The first-order valence-electron chi connectivity index (χ1n) is 12.6. The van der Waals surface area contributed by atoms with E-state index in [1.807, 2.05) is 13.8 Å². The molecule has 3 fully saturated rings. The molecule has 3 aromatic heterocycles. The standard InChI is InChI=1S/C27H27F3N4O3S/c1-13-8-19(27(28,29)30)33-22(17(13)9-14-11-31-6-7-37-14)16-4-5-32-18-10-15(38-23(16)18)12-34-24(35)20-21(25(34)36)26(20,2)3/h4-5,8,10,14,20-21,31H,6-7,9,11-12H2,1-3H3/t14-,20?,21?/m1/s1. The number of morpholine rings is 1. The third-order valence-corrected chi connectivity index (χ3v) is 9.14. The molecular weight excluding hydrogens is 517 g/mol. The maximum Gasteiger partial charge on any atom is 0.433 e. The lowest BCUT2D eigenvalue weighted by atomic mass is 9.95. The van der Waals surface area contributed by atoms with Crippen LogP contribution in [0.25, 0.3) is 21.5 Å². The van der Waals surface area contributed by atoms with E-state index in [1.54, 1.807) is 25.3 Å². The van der Waals surface area contributed by atoms with Crippen LogP contribution < -0.4 is 5.32 Å². The zero-order valence-electron chi connectivity index (χ0n) is 21.2. The van der Waals surface area contributed by atoms with E-state index in [0.29, 0.717) is 46.5 Å². The van der Waals surface area contributed by atoms with Crippen molar-refractivity contribution in [3.8, 4) is 11.3 Å². The maximum atomic E-state index is 13.8. The molecule has 2 amide bonds. The highest BCUT2D eigenvalue weighted by atomic mass is 32.1.